The van der Waals surface area contributed by atoms with Gasteiger partial charge < -0.3 is 5.32 Å². The summed E-state index contributed by atoms with van der Waals surface area (Å²) in [6, 6.07) is 7.35. The number of aryl methyl sites for hydroxylation is 2. The molecule has 1 N–H and O–H groups in total. The maximum atomic E-state index is 13.6. The molecule has 2 aromatic carbocycles. The zero-order valence-corrected chi connectivity index (χ0v) is 17.4. The maximum Gasteiger partial charge on any atom is 0.244 e. The predicted octanol–water partition coefficient (Wildman–Crippen LogP) is 3.49. The Hall–Kier alpha value is -2.48. The van der Waals surface area contributed by atoms with Crippen LogP contribution in [0, 0.1) is 11.6 Å². The molecule has 29 heavy (non-hydrogen) atoms. The van der Waals surface area contributed by atoms with Crippen molar-refractivity contribution < 1.29 is 22.0 Å². The van der Waals surface area contributed by atoms with E-state index in [0.717, 1.165) is 53.6 Å². The molecule has 0 saturated heterocycles. The van der Waals surface area contributed by atoms with Gasteiger partial charge in [-0.2, -0.15) is 0 Å². The summed E-state index contributed by atoms with van der Waals surface area (Å²) in [5, 5.41) is 2.82. The summed E-state index contributed by atoms with van der Waals surface area (Å²) in [5.74, 6) is -2.81. The van der Waals surface area contributed by atoms with Crippen molar-refractivity contribution in [1.82, 2.24) is 5.32 Å². The van der Waals surface area contributed by atoms with Gasteiger partial charge in [-0.3, -0.25) is 9.10 Å². The van der Waals surface area contributed by atoms with Crippen LogP contribution in [0.4, 0.5) is 14.5 Å². The molecule has 156 valence electrons. The molecular weight excluding hydrogens is 398 g/mol. The van der Waals surface area contributed by atoms with Crippen LogP contribution < -0.4 is 9.62 Å². The molecule has 0 fully saturated rings. The topological polar surface area (TPSA) is 66.5 Å². The van der Waals surface area contributed by atoms with Gasteiger partial charge in [-0.15, -0.1) is 0 Å². The van der Waals surface area contributed by atoms with Crippen LogP contribution in [0.1, 0.15) is 43.0 Å². The molecule has 0 saturated carbocycles. The summed E-state index contributed by atoms with van der Waals surface area (Å²) in [4.78, 5) is 12.8. The lowest BCUT2D eigenvalue weighted by Gasteiger charge is -2.29. The van der Waals surface area contributed by atoms with E-state index < -0.39 is 33.6 Å². The van der Waals surface area contributed by atoms with E-state index in [1.165, 1.54) is 18.1 Å². The normalized spacial score (nSPS) is 15.5. The minimum Gasteiger partial charge on any atom is -0.348 e. The highest BCUT2D eigenvalue weighted by molar-refractivity contribution is 7.92. The first kappa shape index (κ1) is 21.2. The molecule has 2 aromatic rings. The SMILES string of the molecule is CC(NC(=O)C(C)N(c1ccc(F)c(F)c1)S(C)(=O)=O)c1ccc2c(c1)CCC2. The molecule has 1 aliphatic rings. The number of benzene rings is 2. The number of amides is 1. The molecule has 3 rings (SSSR count). The Morgan fingerprint density at radius 3 is 2.38 bits per heavy atom. The van der Waals surface area contributed by atoms with Crippen LogP contribution in [0.2, 0.25) is 0 Å². The molecule has 8 heteroatoms. The first-order chi connectivity index (χ1) is 13.6. The summed E-state index contributed by atoms with van der Waals surface area (Å²) >= 11 is 0. The fraction of sp³-hybridized carbons (Fsp3) is 0.381. The Morgan fingerprint density at radius 2 is 1.72 bits per heavy atom. The van der Waals surface area contributed by atoms with Crippen LogP contribution in [0.3, 0.4) is 0 Å². The molecule has 1 aliphatic carbocycles. The predicted molar refractivity (Wildman–Crippen MR) is 108 cm³/mol. The number of carbonyl (C=O) groups excluding carboxylic acids is 1. The largest absolute Gasteiger partial charge is 0.348 e. The van der Waals surface area contributed by atoms with Crippen molar-refractivity contribution in [3.8, 4) is 0 Å². The van der Waals surface area contributed by atoms with Gasteiger partial charge in [0, 0.05) is 6.07 Å². The summed E-state index contributed by atoms with van der Waals surface area (Å²) in [7, 11) is -3.92. The van der Waals surface area contributed by atoms with Crippen LogP contribution in [0.5, 0.6) is 0 Å². The zero-order valence-electron chi connectivity index (χ0n) is 16.6. The van der Waals surface area contributed by atoms with E-state index in [0.29, 0.717) is 0 Å². The standard InChI is InChI=1S/C21H24F2N2O3S/c1-13(16-8-7-15-5-4-6-17(15)11-16)24-21(26)14(2)25(29(3,27)28)18-9-10-19(22)20(23)12-18/h7-14H,4-6H2,1-3H3,(H,24,26). The summed E-state index contributed by atoms with van der Waals surface area (Å²) in [5.41, 5.74) is 3.42. The van der Waals surface area contributed by atoms with E-state index in [2.05, 4.69) is 17.4 Å². The van der Waals surface area contributed by atoms with Crippen molar-refractivity contribution in [3.05, 3.63) is 64.7 Å². The average Bonchev–Trinajstić information content (AvgIpc) is 3.11. The monoisotopic (exact) mass is 422 g/mol. The fourth-order valence-electron chi connectivity index (χ4n) is 3.71. The van der Waals surface area contributed by atoms with Crippen LogP contribution in [-0.2, 0) is 27.7 Å². The Bertz CT molecular complexity index is 1040. The van der Waals surface area contributed by atoms with Crippen molar-refractivity contribution in [1.29, 1.82) is 0 Å². The molecule has 0 heterocycles. The number of fused-ring (bicyclic) bond motifs is 1. The third-order valence-electron chi connectivity index (χ3n) is 5.23. The summed E-state index contributed by atoms with van der Waals surface area (Å²) in [6.45, 7) is 3.23. The van der Waals surface area contributed by atoms with E-state index in [1.807, 2.05) is 13.0 Å². The smallest absolute Gasteiger partial charge is 0.244 e. The number of halogens is 2. The van der Waals surface area contributed by atoms with Crippen LogP contribution in [0.25, 0.3) is 0 Å². The van der Waals surface area contributed by atoms with Crippen molar-refractivity contribution in [2.45, 2.75) is 45.2 Å². The minimum absolute atomic E-state index is 0.112. The van der Waals surface area contributed by atoms with Gasteiger partial charge in [0.2, 0.25) is 15.9 Å². The number of hydrogen-bond acceptors (Lipinski definition) is 3. The average molecular weight is 422 g/mol. The quantitative estimate of drug-likeness (QED) is 0.775. The van der Waals surface area contributed by atoms with E-state index in [9.17, 15) is 22.0 Å². The second-order valence-electron chi connectivity index (χ2n) is 7.45. The third-order valence-corrected chi connectivity index (χ3v) is 6.47. The minimum atomic E-state index is -3.92. The van der Waals surface area contributed by atoms with Gasteiger partial charge in [-0.25, -0.2) is 17.2 Å². The number of nitrogens with zero attached hydrogens (tertiary/aromatic N) is 1. The number of sulfonamides is 1. The highest BCUT2D eigenvalue weighted by Crippen LogP contribution is 2.26. The van der Waals surface area contributed by atoms with Crippen molar-refractivity contribution in [2.75, 3.05) is 10.6 Å². The molecular formula is C21H24F2N2O3S. The van der Waals surface area contributed by atoms with Gasteiger partial charge in [0.25, 0.3) is 0 Å². The van der Waals surface area contributed by atoms with E-state index in [1.54, 1.807) is 0 Å². The van der Waals surface area contributed by atoms with Crippen LogP contribution in [-0.4, -0.2) is 26.6 Å². The maximum absolute atomic E-state index is 13.6. The molecule has 1 amide bonds. The third kappa shape index (κ3) is 4.58. The van der Waals surface area contributed by atoms with Crippen LogP contribution >= 0.6 is 0 Å². The summed E-state index contributed by atoms with van der Waals surface area (Å²) in [6.07, 6.45) is 4.11. The van der Waals surface area contributed by atoms with E-state index >= 15 is 0 Å². The number of anilines is 1. The van der Waals surface area contributed by atoms with Gasteiger partial charge in [-0.1, -0.05) is 18.2 Å². The summed E-state index contributed by atoms with van der Waals surface area (Å²) < 4.78 is 52.3. The fourth-order valence-corrected chi connectivity index (χ4v) is 4.88. The van der Waals surface area contributed by atoms with Gasteiger partial charge in [-0.05, 0) is 61.9 Å². The lowest BCUT2D eigenvalue weighted by atomic mass is 10.0. The number of nitrogens with one attached hydrogen (secondary N) is 1. The molecule has 0 bridgehead atoms. The zero-order chi connectivity index (χ0) is 21.3. The van der Waals surface area contributed by atoms with Crippen LogP contribution in [0.15, 0.2) is 36.4 Å². The second-order valence-corrected chi connectivity index (χ2v) is 9.30. The Balaban J connectivity index is 1.81. The number of rotatable bonds is 6. The van der Waals surface area contributed by atoms with E-state index in [-0.39, 0.29) is 11.7 Å². The Labute approximate surface area is 169 Å². The number of carbonyl (C=O) groups is 1. The molecule has 5 nitrogen and oxygen atoms in total. The Kier molecular flexibility index (Phi) is 5.93. The van der Waals surface area contributed by atoms with Gasteiger partial charge >= 0.3 is 0 Å². The van der Waals surface area contributed by atoms with Gasteiger partial charge in [0.1, 0.15) is 6.04 Å². The van der Waals surface area contributed by atoms with Gasteiger partial charge in [0.15, 0.2) is 11.6 Å². The van der Waals surface area contributed by atoms with Crippen molar-refractivity contribution in [2.24, 2.45) is 0 Å². The highest BCUT2D eigenvalue weighted by atomic mass is 32.2. The molecule has 0 spiro atoms. The van der Waals surface area contributed by atoms with E-state index in [4.69, 9.17) is 0 Å². The molecule has 0 radical (unpaired) electrons. The molecule has 0 aromatic heterocycles. The second kappa shape index (κ2) is 8.10. The highest BCUT2D eigenvalue weighted by Gasteiger charge is 2.30. The molecule has 2 atom stereocenters. The first-order valence-corrected chi connectivity index (χ1v) is 11.3. The lowest BCUT2D eigenvalue weighted by Crippen LogP contribution is -2.48. The van der Waals surface area contributed by atoms with Crippen molar-refractivity contribution >= 4 is 21.6 Å². The molecule has 2 unspecified atom stereocenters. The molecule has 0 aliphatic heterocycles. The first-order valence-electron chi connectivity index (χ1n) is 9.44. The van der Waals surface area contributed by atoms with Gasteiger partial charge in [0.05, 0.1) is 18.0 Å². The number of hydrogen-bond donors (Lipinski definition) is 1. The van der Waals surface area contributed by atoms with Crippen molar-refractivity contribution in [3.63, 3.8) is 0 Å². The Morgan fingerprint density at radius 1 is 1.03 bits per heavy atom. The lowest BCUT2D eigenvalue weighted by molar-refractivity contribution is -0.122.